The lowest BCUT2D eigenvalue weighted by Crippen LogP contribution is -2.38. The molecule has 292 valence electrons. The molecule has 0 bridgehead atoms. The average molecular weight is 800 g/mol. The minimum Gasteiger partial charge on any atom is -0.491 e. The van der Waals surface area contributed by atoms with E-state index in [1.807, 2.05) is 0 Å². The summed E-state index contributed by atoms with van der Waals surface area (Å²) >= 11 is 13.3. The van der Waals surface area contributed by atoms with Crippen LogP contribution in [0, 0.1) is 5.41 Å². The van der Waals surface area contributed by atoms with E-state index in [0.29, 0.717) is 61.5 Å². The molecule has 4 heterocycles. The van der Waals surface area contributed by atoms with Crippen LogP contribution in [-0.4, -0.2) is 77.4 Å². The SMILES string of the molecule is Cn1c(NC(C)(C)CC(C)(C)C)nc2c(c(-c3cc(Cl)c(OCC[Si](C)(C)C)c(C(N)=O)c3)cn2CC(=O)Nc2cc(N3CCOCC3)ncc2Cl)c1=O. The Morgan fingerprint density at radius 2 is 1.74 bits per heavy atom. The predicted molar refractivity (Wildman–Crippen MR) is 220 cm³/mol. The molecule has 0 radical (unpaired) electrons. The van der Waals surface area contributed by atoms with Crippen LogP contribution in [0.1, 0.15) is 51.4 Å². The number of rotatable bonds is 13. The molecule has 5 rings (SSSR count). The summed E-state index contributed by atoms with van der Waals surface area (Å²) in [6.45, 7) is 19.9. The molecule has 1 aliphatic heterocycles. The molecular weight excluding hydrogens is 747 g/mol. The Balaban J connectivity index is 1.59. The lowest BCUT2D eigenvalue weighted by atomic mass is 9.82. The number of carbonyl (C=O) groups is 2. The summed E-state index contributed by atoms with van der Waals surface area (Å²) in [6, 6.07) is 5.79. The largest absolute Gasteiger partial charge is 0.491 e. The molecule has 4 aromatic rings. The van der Waals surface area contributed by atoms with E-state index in [4.69, 9.17) is 43.4 Å². The van der Waals surface area contributed by atoms with E-state index in [9.17, 15) is 14.4 Å². The molecule has 1 fully saturated rings. The Bertz CT molecular complexity index is 2110. The number of benzene rings is 1. The standard InChI is InChI=1S/C38H52Cl2N8O5Si/c1-37(2,3)22-38(4,5)45-36-44-34-31(35(51)46(36)6)25(23-16-24(33(41)50)32(26(39)17-23)53-14-15-54(7,8)9)20-48(34)21-30(49)43-28-18-29(42-19-27(28)40)47-10-12-52-13-11-47/h16-20H,10-15,21-22H2,1-9H3,(H2,41,50)(H,44,45)(H,42,43,49). The maximum absolute atomic E-state index is 14.3. The van der Waals surface area contributed by atoms with Gasteiger partial charge in [-0.05, 0) is 49.4 Å². The number of hydrogen-bond acceptors (Lipinski definition) is 9. The van der Waals surface area contributed by atoms with Crippen molar-refractivity contribution in [2.45, 2.75) is 78.8 Å². The van der Waals surface area contributed by atoms with Crippen molar-refractivity contribution in [2.75, 3.05) is 48.4 Å². The summed E-state index contributed by atoms with van der Waals surface area (Å²) in [4.78, 5) is 52.3. The van der Waals surface area contributed by atoms with Crippen molar-refractivity contribution in [1.29, 1.82) is 0 Å². The first kappa shape index (κ1) is 41.1. The number of morpholine rings is 1. The lowest BCUT2D eigenvalue weighted by Gasteiger charge is -2.34. The number of hydrogen-bond donors (Lipinski definition) is 3. The number of amides is 2. The van der Waals surface area contributed by atoms with Gasteiger partial charge in [0.05, 0.1) is 52.7 Å². The molecular formula is C38H52Cl2N8O5Si. The van der Waals surface area contributed by atoms with Crippen LogP contribution >= 0.6 is 23.2 Å². The first-order chi connectivity index (χ1) is 25.1. The van der Waals surface area contributed by atoms with Crippen LogP contribution in [0.25, 0.3) is 22.2 Å². The third-order valence-corrected chi connectivity index (χ3v) is 11.3. The zero-order valence-electron chi connectivity index (χ0n) is 32.7. The minimum atomic E-state index is -1.45. The highest BCUT2D eigenvalue weighted by molar-refractivity contribution is 6.76. The van der Waals surface area contributed by atoms with Gasteiger partial charge in [0.15, 0.2) is 11.4 Å². The second-order valence-corrected chi connectivity index (χ2v) is 23.4. The maximum atomic E-state index is 14.3. The Morgan fingerprint density at radius 1 is 1.06 bits per heavy atom. The van der Waals surface area contributed by atoms with Gasteiger partial charge in [-0.15, -0.1) is 0 Å². The van der Waals surface area contributed by atoms with Gasteiger partial charge in [0.25, 0.3) is 11.5 Å². The zero-order valence-corrected chi connectivity index (χ0v) is 35.2. The molecule has 1 aliphatic rings. The highest BCUT2D eigenvalue weighted by Gasteiger charge is 2.29. The number of carbonyl (C=O) groups excluding carboxylic acids is 2. The van der Waals surface area contributed by atoms with Crippen molar-refractivity contribution in [3.8, 4) is 16.9 Å². The summed E-state index contributed by atoms with van der Waals surface area (Å²) < 4.78 is 14.6. The smallest absolute Gasteiger partial charge is 0.264 e. The van der Waals surface area contributed by atoms with Crippen LogP contribution in [0.15, 0.2) is 35.4 Å². The average Bonchev–Trinajstić information content (AvgIpc) is 3.41. The Kier molecular flexibility index (Phi) is 12.1. The van der Waals surface area contributed by atoms with Crippen LogP contribution < -0.4 is 31.6 Å². The molecule has 2 amide bonds. The topological polar surface area (TPSA) is 159 Å². The molecule has 4 N–H and O–H groups in total. The van der Waals surface area contributed by atoms with E-state index in [1.54, 1.807) is 36.0 Å². The van der Waals surface area contributed by atoms with Crippen molar-refractivity contribution >= 4 is 71.6 Å². The predicted octanol–water partition coefficient (Wildman–Crippen LogP) is 7.02. The van der Waals surface area contributed by atoms with Gasteiger partial charge in [0, 0.05) is 51.6 Å². The van der Waals surface area contributed by atoms with Crippen LogP contribution in [0.2, 0.25) is 35.7 Å². The zero-order chi connectivity index (χ0) is 39.7. The third-order valence-electron chi connectivity index (χ3n) is 9.00. The Hall–Kier alpha value is -4.11. The number of anilines is 3. The van der Waals surface area contributed by atoms with Gasteiger partial charge in [0.1, 0.15) is 12.4 Å². The van der Waals surface area contributed by atoms with Crippen molar-refractivity contribution in [1.82, 2.24) is 19.1 Å². The first-order valence-electron chi connectivity index (χ1n) is 18.1. The Labute approximate surface area is 327 Å². The van der Waals surface area contributed by atoms with Crippen LogP contribution in [-0.2, 0) is 23.1 Å². The van der Waals surface area contributed by atoms with E-state index in [-0.39, 0.29) is 49.9 Å². The normalized spacial score (nSPS) is 14.0. The fourth-order valence-electron chi connectivity index (χ4n) is 6.81. The number of fused-ring (bicyclic) bond motifs is 1. The number of aromatic nitrogens is 4. The van der Waals surface area contributed by atoms with E-state index in [2.05, 4.69) is 74.8 Å². The molecule has 1 saturated heterocycles. The second-order valence-electron chi connectivity index (χ2n) is 16.9. The minimum absolute atomic E-state index is 0.0111. The van der Waals surface area contributed by atoms with Crippen LogP contribution in [0.4, 0.5) is 17.5 Å². The molecule has 13 nitrogen and oxygen atoms in total. The van der Waals surface area contributed by atoms with Crippen molar-refractivity contribution in [3.05, 3.63) is 56.6 Å². The second kappa shape index (κ2) is 15.9. The fraction of sp³-hybridized carbons (Fsp3) is 0.500. The summed E-state index contributed by atoms with van der Waals surface area (Å²) in [5, 5.41) is 7.06. The van der Waals surface area contributed by atoms with E-state index in [0.717, 1.165) is 12.5 Å². The quantitative estimate of drug-likeness (QED) is 0.121. The van der Waals surface area contributed by atoms with E-state index >= 15 is 0 Å². The molecule has 16 heteroatoms. The summed E-state index contributed by atoms with van der Waals surface area (Å²) in [5.41, 5.74) is 6.65. The van der Waals surface area contributed by atoms with Crippen molar-refractivity contribution in [3.63, 3.8) is 0 Å². The van der Waals surface area contributed by atoms with Gasteiger partial charge in [-0.1, -0.05) is 63.6 Å². The number of nitrogens with zero attached hydrogens (tertiary/aromatic N) is 5. The van der Waals surface area contributed by atoms with Crippen molar-refractivity contribution < 1.29 is 19.1 Å². The van der Waals surface area contributed by atoms with Crippen LogP contribution in [0.3, 0.4) is 0 Å². The van der Waals surface area contributed by atoms with Gasteiger partial charge in [-0.25, -0.2) is 4.98 Å². The highest BCUT2D eigenvalue weighted by atomic mass is 35.5. The van der Waals surface area contributed by atoms with Gasteiger partial charge in [0.2, 0.25) is 11.9 Å². The number of nitrogens with one attached hydrogen (secondary N) is 2. The number of primary amides is 1. The first-order valence-corrected chi connectivity index (χ1v) is 22.5. The van der Waals surface area contributed by atoms with E-state index < -0.39 is 25.4 Å². The molecule has 0 saturated carbocycles. The van der Waals surface area contributed by atoms with Gasteiger partial charge >= 0.3 is 0 Å². The Morgan fingerprint density at radius 3 is 2.37 bits per heavy atom. The number of nitrogens with two attached hydrogens (primary N) is 1. The number of halogens is 2. The molecule has 0 aliphatic carbocycles. The van der Waals surface area contributed by atoms with Gasteiger partial charge in [-0.2, -0.15) is 4.98 Å². The van der Waals surface area contributed by atoms with Crippen LogP contribution in [0.5, 0.6) is 5.75 Å². The van der Waals surface area contributed by atoms with E-state index in [1.165, 1.54) is 10.8 Å². The molecule has 0 unspecified atom stereocenters. The maximum Gasteiger partial charge on any atom is 0.264 e. The van der Waals surface area contributed by atoms with Gasteiger partial charge < -0.3 is 35.3 Å². The summed E-state index contributed by atoms with van der Waals surface area (Å²) in [6.07, 6.45) is 3.95. The summed E-state index contributed by atoms with van der Waals surface area (Å²) in [7, 11) is 0.199. The fourth-order valence-corrected chi connectivity index (χ4v) is 7.95. The third kappa shape index (κ3) is 9.94. The van der Waals surface area contributed by atoms with Gasteiger partial charge in [-0.3, -0.25) is 19.0 Å². The molecule has 0 spiro atoms. The lowest BCUT2D eigenvalue weighted by molar-refractivity contribution is -0.116. The molecule has 1 aromatic carbocycles. The molecule has 54 heavy (non-hydrogen) atoms. The monoisotopic (exact) mass is 798 g/mol. The molecule has 3 aromatic heterocycles. The molecule has 0 atom stereocenters. The highest BCUT2D eigenvalue weighted by Crippen LogP contribution is 2.38. The summed E-state index contributed by atoms with van der Waals surface area (Å²) in [5.74, 6) is 0.0575. The number of ether oxygens (including phenoxy) is 2. The van der Waals surface area contributed by atoms with Crippen molar-refractivity contribution in [2.24, 2.45) is 18.2 Å². The number of pyridine rings is 1.